The molecule has 0 saturated heterocycles. The Kier molecular flexibility index (Phi) is 6.05. The molecule has 236 valence electrons. The van der Waals surface area contributed by atoms with Crippen molar-refractivity contribution >= 4 is 70.3 Å². The third kappa shape index (κ3) is 4.20. The van der Waals surface area contributed by atoms with E-state index in [-0.39, 0.29) is 6.23 Å². The summed E-state index contributed by atoms with van der Waals surface area (Å²) >= 11 is 1.88. The minimum atomic E-state index is -0.196. The Hall–Kier alpha value is -5.90. The van der Waals surface area contributed by atoms with Crippen LogP contribution in [-0.4, -0.2) is 6.23 Å². The van der Waals surface area contributed by atoms with Crippen LogP contribution in [-0.2, 0) is 6.42 Å². The Morgan fingerprint density at radius 1 is 0.600 bits per heavy atom. The average Bonchev–Trinajstić information content (AvgIpc) is 3.75. The smallest absolute Gasteiger partial charge is 0.196 e. The first-order valence-electron chi connectivity index (χ1n) is 17.4. The molecule has 3 heteroatoms. The molecule has 0 spiro atoms. The predicted octanol–water partition coefficient (Wildman–Crippen LogP) is 12.4. The first kappa shape index (κ1) is 28.0. The summed E-state index contributed by atoms with van der Waals surface area (Å²) in [6.45, 7) is 0. The number of allylic oxidation sites excluding steroid dienone is 3. The van der Waals surface area contributed by atoms with Gasteiger partial charge in [-0.15, -0.1) is 11.3 Å². The highest BCUT2D eigenvalue weighted by atomic mass is 32.1. The fraction of sp³-hybridized carbons (Fsp3) is 0.0638. The number of dihydropyridines is 1. The topological polar surface area (TPSA) is 21.3 Å². The van der Waals surface area contributed by atoms with Crippen LogP contribution in [0.2, 0.25) is 0 Å². The molecule has 1 aromatic heterocycles. The van der Waals surface area contributed by atoms with E-state index in [1.807, 2.05) is 11.3 Å². The zero-order valence-electron chi connectivity index (χ0n) is 27.2. The van der Waals surface area contributed by atoms with Crippen LogP contribution in [0.1, 0.15) is 28.7 Å². The summed E-state index contributed by atoms with van der Waals surface area (Å²) < 4.78 is 9.08. The summed E-state index contributed by atoms with van der Waals surface area (Å²) in [5.41, 5.74) is 12.4. The van der Waals surface area contributed by atoms with Gasteiger partial charge < -0.3 is 10.1 Å². The molecule has 0 amide bonds. The second-order valence-electron chi connectivity index (χ2n) is 13.6. The fourth-order valence-electron chi connectivity index (χ4n) is 8.39. The maximum absolute atomic E-state index is 6.42. The molecule has 3 aliphatic rings. The van der Waals surface area contributed by atoms with Crippen molar-refractivity contribution in [2.75, 3.05) is 0 Å². The Balaban J connectivity index is 0.979. The highest BCUT2D eigenvalue weighted by molar-refractivity contribution is 7.26. The maximum atomic E-state index is 6.42. The van der Waals surface area contributed by atoms with Crippen molar-refractivity contribution in [1.29, 1.82) is 0 Å². The van der Waals surface area contributed by atoms with Gasteiger partial charge in [-0.1, -0.05) is 109 Å². The third-order valence-electron chi connectivity index (χ3n) is 10.8. The van der Waals surface area contributed by atoms with Crippen LogP contribution in [0.3, 0.4) is 0 Å². The third-order valence-corrected chi connectivity index (χ3v) is 12.0. The largest absolute Gasteiger partial charge is 0.466 e. The Morgan fingerprint density at radius 2 is 1.40 bits per heavy atom. The maximum Gasteiger partial charge on any atom is 0.196 e. The number of hydrogen-bond acceptors (Lipinski definition) is 3. The molecule has 0 fully saturated rings. The van der Waals surface area contributed by atoms with Crippen molar-refractivity contribution in [3.63, 3.8) is 0 Å². The van der Waals surface area contributed by atoms with Gasteiger partial charge in [-0.05, 0) is 115 Å². The summed E-state index contributed by atoms with van der Waals surface area (Å²) in [6, 6.07) is 46.9. The van der Waals surface area contributed by atoms with Gasteiger partial charge in [0.15, 0.2) is 6.23 Å². The molecule has 3 heterocycles. The minimum absolute atomic E-state index is 0.196. The molecule has 2 aliphatic heterocycles. The van der Waals surface area contributed by atoms with Gasteiger partial charge in [0.25, 0.3) is 0 Å². The van der Waals surface area contributed by atoms with Gasteiger partial charge >= 0.3 is 0 Å². The van der Waals surface area contributed by atoms with Gasteiger partial charge in [0.1, 0.15) is 5.75 Å². The van der Waals surface area contributed by atoms with E-state index in [9.17, 15) is 0 Å². The Bertz CT molecular complexity index is 2830. The van der Waals surface area contributed by atoms with Crippen LogP contribution in [0.25, 0.3) is 81.2 Å². The molecule has 0 radical (unpaired) electrons. The van der Waals surface area contributed by atoms with E-state index in [1.165, 1.54) is 86.2 Å². The van der Waals surface area contributed by atoms with Crippen LogP contribution < -0.4 is 10.1 Å². The summed E-state index contributed by atoms with van der Waals surface area (Å²) in [5, 5.41) is 11.6. The molecule has 50 heavy (non-hydrogen) atoms. The molecule has 2 nitrogen and oxygen atoms in total. The molecule has 0 saturated carbocycles. The van der Waals surface area contributed by atoms with Gasteiger partial charge in [-0.3, -0.25) is 0 Å². The number of benzene rings is 7. The number of aryl methyl sites for hydroxylation is 1. The van der Waals surface area contributed by atoms with E-state index < -0.39 is 0 Å². The second-order valence-corrected chi connectivity index (χ2v) is 14.6. The molecule has 11 rings (SSSR count). The number of nitrogens with one attached hydrogen (secondary N) is 1. The molecule has 1 aliphatic carbocycles. The minimum Gasteiger partial charge on any atom is -0.466 e. The van der Waals surface area contributed by atoms with Crippen LogP contribution in [0, 0.1) is 0 Å². The average molecular weight is 658 g/mol. The number of thiophene rings is 1. The quantitative estimate of drug-likeness (QED) is 0.191. The van der Waals surface area contributed by atoms with E-state index in [1.54, 1.807) is 0 Å². The van der Waals surface area contributed by atoms with Gasteiger partial charge in [-0.25, -0.2) is 0 Å². The van der Waals surface area contributed by atoms with Crippen LogP contribution in [0.4, 0.5) is 0 Å². The van der Waals surface area contributed by atoms with Crippen molar-refractivity contribution in [3.05, 3.63) is 168 Å². The van der Waals surface area contributed by atoms with Gasteiger partial charge in [0.05, 0.1) is 0 Å². The second kappa shape index (κ2) is 10.8. The number of fused-ring (bicyclic) bond motifs is 12. The van der Waals surface area contributed by atoms with Crippen LogP contribution in [0.5, 0.6) is 5.75 Å². The highest BCUT2D eigenvalue weighted by Gasteiger charge is 2.31. The van der Waals surface area contributed by atoms with Crippen molar-refractivity contribution in [2.45, 2.75) is 19.1 Å². The monoisotopic (exact) mass is 657 g/mol. The molecule has 1 N–H and O–H groups in total. The summed E-state index contributed by atoms with van der Waals surface area (Å²) in [7, 11) is 0. The SMILES string of the molecule is C1=Cc2c(c3ccccc3c3cc(-c4ccc5c(c4)C4=CC(c6cccc(-c7cccc8c7sc7ccccc78)c6)=CNC4O5)ccc23)CC1. The zero-order chi connectivity index (χ0) is 32.8. The molecule has 7 aromatic carbocycles. The summed E-state index contributed by atoms with van der Waals surface area (Å²) in [4.78, 5) is 0. The summed E-state index contributed by atoms with van der Waals surface area (Å²) in [6.07, 6.45) is 11.1. The first-order valence-corrected chi connectivity index (χ1v) is 18.2. The standard InChI is InChI=1S/C47H31NOS/c1-2-13-36-34(11-1)35-12-3-4-14-37(35)41-24-29(19-21-38(36)41)30-20-22-44-42(25-30)43-26-32(27-48-47(43)49-44)28-9-7-10-31(23-28)33-16-8-17-40-39-15-5-6-18-45(39)50-46(33)40/h2-10,12-27,47-48H,1,11H2. The molecule has 1 unspecified atom stereocenters. The van der Waals surface area contributed by atoms with Crippen LogP contribution in [0.15, 0.2) is 146 Å². The lowest BCUT2D eigenvalue weighted by atomic mass is 9.85. The lowest BCUT2D eigenvalue weighted by molar-refractivity contribution is 0.254. The predicted molar refractivity (Wildman–Crippen MR) is 213 cm³/mol. The normalized spacial score (nSPS) is 16.1. The van der Waals surface area contributed by atoms with Gasteiger partial charge in [0, 0.05) is 37.5 Å². The molecule has 1 atom stereocenters. The van der Waals surface area contributed by atoms with E-state index in [4.69, 9.17) is 4.74 Å². The van der Waals surface area contributed by atoms with E-state index >= 15 is 0 Å². The summed E-state index contributed by atoms with van der Waals surface area (Å²) in [5.74, 6) is 0.919. The molecular formula is C47H31NOS. The lowest BCUT2D eigenvalue weighted by Crippen LogP contribution is -2.30. The molecular weight excluding hydrogens is 627 g/mol. The van der Waals surface area contributed by atoms with E-state index in [2.05, 4.69) is 157 Å². The fourth-order valence-corrected chi connectivity index (χ4v) is 9.63. The van der Waals surface area contributed by atoms with Crippen molar-refractivity contribution < 1.29 is 4.74 Å². The zero-order valence-corrected chi connectivity index (χ0v) is 28.1. The van der Waals surface area contributed by atoms with Crippen molar-refractivity contribution in [3.8, 4) is 28.0 Å². The van der Waals surface area contributed by atoms with Crippen molar-refractivity contribution in [1.82, 2.24) is 5.32 Å². The lowest BCUT2D eigenvalue weighted by Gasteiger charge is -2.19. The number of hydrogen-bond donors (Lipinski definition) is 1. The van der Waals surface area contributed by atoms with Gasteiger partial charge in [0.2, 0.25) is 0 Å². The molecule has 8 aromatic rings. The first-order chi connectivity index (χ1) is 24.8. The number of rotatable bonds is 3. The van der Waals surface area contributed by atoms with E-state index in [0.717, 1.165) is 29.7 Å². The Morgan fingerprint density at radius 3 is 2.36 bits per heavy atom. The molecule has 0 bridgehead atoms. The number of ether oxygens (including phenoxy) is 1. The Labute approximate surface area is 294 Å². The van der Waals surface area contributed by atoms with Crippen LogP contribution >= 0.6 is 11.3 Å². The van der Waals surface area contributed by atoms with Crippen molar-refractivity contribution in [2.24, 2.45) is 0 Å². The van der Waals surface area contributed by atoms with E-state index in [0.29, 0.717) is 0 Å². The van der Waals surface area contributed by atoms with Gasteiger partial charge in [-0.2, -0.15) is 0 Å². The highest BCUT2D eigenvalue weighted by Crippen LogP contribution is 2.45.